The van der Waals surface area contributed by atoms with E-state index in [1.54, 1.807) is 12.1 Å². The molecule has 3 N–H and O–H groups in total. The maximum Gasteiger partial charge on any atom is 0.337 e. The molecule has 0 saturated carbocycles. The molecule has 0 aliphatic carbocycles. The zero-order chi connectivity index (χ0) is 12.3. The van der Waals surface area contributed by atoms with Gasteiger partial charge in [0.25, 0.3) is 0 Å². The van der Waals surface area contributed by atoms with E-state index in [0.717, 1.165) is 31.5 Å². The Bertz CT molecular complexity index is 412. The molecule has 0 radical (unpaired) electrons. The molecule has 4 nitrogen and oxygen atoms in total. The van der Waals surface area contributed by atoms with E-state index in [0.29, 0.717) is 17.2 Å². The van der Waals surface area contributed by atoms with Gasteiger partial charge in [-0.3, -0.25) is 0 Å². The lowest BCUT2D eigenvalue weighted by atomic mass is 9.88. The lowest BCUT2D eigenvalue weighted by Gasteiger charge is -2.24. The summed E-state index contributed by atoms with van der Waals surface area (Å²) in [5, 5.41) is 3.33. The zero-order valence-corrected chi connectivity index (χ0v) is 10.0. The van der Waals surface area contributed by atoms with Gasteiger partial charge in [0.15, 0.2) is 0 Å². The van der Waals surface area contributed by atoms with Crippen LogP contribution in [0.5, 0.6) is 0 Å². The number of carbonyl (C=O) groups excluding carboxylic acids is 1. The van der Waals surface area contributed by atoms with Crippen LogP contribution in [0, 0.1) is 0 Å². The highest BCUT2D eigenvalue weighted by Crippen LogP contribution is 2.30. The van der Waals surface area contributed by atoms with Gasteiger partial charge in [0.2, 0.25) is 0 Å². The Balaban J connectivity index is 2.21. The van der Waals surface area contributed by atoms with E-state index in [1.165, 1.54) is 7.11 Å². The number of nitrogens with one attached hydrogen (secondary N) is 1. The van der Waals surface area contributed by atoms with Gasteiger partial charge in [0.05, 0.1) is 12.7 Å². The first-order valence-corrected chi connectivity index (χ1v) is 5.91. The molecule has 0 amide bonds. The number of piperidine rings is 1. The molecule has 0 aromatic heterocycles. The number of methoxy groups -OCH3 is 1. The van der Waals surface area contributed by atoms with Crippen molar-refractivity contribution < 1.29 is 9.53 Å². The van der Waals surface area contributed by atoms with Gasteiger partial charge in [-0.05, 0) is 49.5 Å². The molecule has 1 fully saturated rings. The van der Waals surface area contributed by atoms with E-state index in [1.807, 2.05) is 6.07 Å². The zero-order valence-electron chi connectivity index (χ0n) is 10.0. The van der Waals surface area contributed by atoms with Crippen LogP contribution in [0.25, 0.3) is 0 Å². The summed E-state index contributed by atoms with van der Waals surface area (Å²) in [4.78, 5) is 11.4. The molecular formula is C13H18N2O2. The normalized spacial score (nSPS) is 16.8. The number of nitrogen functional groups attached to an aromatic ring is 1. The summed E-state index contributed by atoms with van der Waals surface area (Å²) < 4.78 is 4.67. The average Bonchev–Trinajstić information content (AvgIpc) is 2.38. The van der Waals surface area contributed by atoms with Crippen LogP contribution in [0.3, 0.4) is 0 Å². The molecule has 1 aliphatic rings. The number of rotatable bonds is 2. The molecule has 2 rings (SSSR count). The van der Waals surface area contributed by atoms with Gasteiger partial charge in [0, 0.05) is 5.69 Å². The Morgan fingerprint density at radius 3 is 2.71 bits per heavy atom. The van der Waals surface area contributed by atoms with Gasteiger partial charge >= 0.3 is 5.97 Å². The maximum atomic E-state index is 11.4. The summed E-state index contributed by atoms with van der Waals surface area (Å²) in [6.45, 7) is 2.06. The molecule has 1 saturated heterocycles. The Morgan fingerprint density at radius 2 is 2.12 bits per heavy atom. The predicted molar refractivity (Wildman–Crippen MR) is 67.0 cm³/mol. The van der Waals surface area contributed by atoms with Crippen molar-refractivity contribution in [3.05, 3.63) is 29.3 Å². The van der Waals surface area contributed by atoms with Gasteiger partial charge in [0.1, 0.15) is 0 Å². The summed E-state index contributed by atoms with van der Waals surface area (Å²) >= 11 is 0. The molecule has 0 bridgehead atoms. The summed E-state index contributed by atoms with van der Waals surface area (Å²) in [6, 6.07) is 5.46. The quantitative estimate of drug-likeness (QED) is 0.601. The van der Waals surface area contributed by atoms with Crippen molar-refractivity contribution in [1.29, 1.82) is 0 Å². The number of hydrogen-bond acceptors (Lipinski definition) is 4. The molecule has 92 valence electrons. The first-order chi connectivity index (χ1) is 8.22. The van der Waals surface area contributed by atoms with Gasteiger partial charge in [-0.15, -0.1) is 0 Å². The molecule has 4 heteroatoms. The second-order valence-electron chi connectivity index (χ2n) is 4.36. The Morgan fingerprint density at radius 1 is 1.41 bits per heavy atom. The van der Waals surface area contributed by atoms with E-state index in [4.69, 9.17) is 5.73 Å². The minimum absolute atomic E-state index is 0.339. The van der Waals surface area contributed by atoms with Crippen LogP contribution in [-0.2, 0) is 4.74 Å². The van der Waals surface area contributed by atoms with Crippen LogP contribution in [0.15, 0.2) is 18.2 Å². The lowest BCUT2D eigenvalue weighted by molar-refractivity contribution is 0.0601. The fourth-order valence-electron chi connectivity index (χ4n) is 2.32. The maximum absolute atomic E-state index is 11.4. The van der Waals surface area contributed by atoms with E-state index in [2.05, 4.69) is 10.1 Å². The average molecular weight is 234 g/mol. The first kappa shape index (κ1) is 11.9. The van der Waals surface area contributed by atoms with E-state index in [9.17, 15) is 4.79 Å². The van der Waals surface area contributed by atoms with Gasteiger partial charge in [-0.1, -0.05) is 6.07 Å². The number of nitrogens with two attached hydrogens (primary N) is 1. The van der Waals surface area contributed by atoms with E-state index in [-0.39, 0.29) is 5.97 Å². The fourth-order valence-corrected chi connectivity index (χ4v) is 2.32. The molecule has 1 aromatic rings. The van der Waals surface area contributed by atoms with Crippen molar-refractivity contribution >= 4 is 11.7 Å². The lowest BCUT2D eigenvalue weighted by Crippen LogP contribution is -2.27. The standard InChI is InChI=1S/C13H18N2O2/c1-17-13(16)10-2-3-11(12(14)8-10)9-4-6-15-7-5-9/h2-3,8-9,15H,4-7,14H2,1H3. The number of ether oxygens (including phenoxy) is 1. The van der Waals surface area contributed by atoms with Crippen molar-refractivity contribution in [1.82, 2.24) is 5.32 Å². The molecule has 17 heavy (non-hydrogen) atoms. The SMILES string of the molecule is COC(=O)c1ccc(C2CCNCC2)c(N)c1. The van der Waals surface area contributed by atoms with Crippen molar-refractivity contribution in [2.24, 2.45) is 0 Å². The molecule has 0 unspecified atom stereocenters. The van der Waals surface area contributed by atoms with Crippen LogP contribution in [-0.4, -0.2) is 26.2 Å². The Labute approximate surface area is 101 Å². The van der Waals surface area contributed by atoms with Crippen molar-refractivity contribution in [2.75, 3.05) is 25.9 Å². The largest absolute Gasteiger partial charge is 0.465 e. The van der Waals surface area contributed by atoms with Gasteiger partial charge in [-0.25, -0.2) is 4.79 Å². The van der Waals surface area contributed by atoms with E-state index < -0.39 is 0 Å². The van der Waals surface area contributed by atoms with E-state index >= 15 is 0 Å². The third-order valence-electron chi connectivity index (χ3n) is 3.29. The van der Waals surface area contributed by atoms with Crippen LogP contribution < -0.4 is 11.1 Å². The third kappa shape index (κ3) is 2.58. The van der Waals surface area contributed by atoms with Crippen LogP contribution in [0.4, 0.5) is 5.69 Å². The highest BCUT2D eigenvalue weighted by Gasteiger charge is 2.18. The Kier molecular flexibility index (Phi) is 3.64. The monoisotopic (exact) mass is 234 g/mol. The van der Waals surface area contributed by atoms with Gasteiger partial charge < -0.3 is 15.8 Å². The number of carbonyl (C=O) groups is 1. The second kappa shape index (κ2) is 5.19. The van der Waals surface area contributed by atoms with Crippen LogP contribution in [0.1, 0.15) is 34.7 Å². The van der Waals surface area contributed by atoms with Crippen molar-refractivity contribution in [3.8, 4) is 0 Å². The van der Waals surface area contributed by atoms with Crippen molar-refractivity contribution in [2.45, 2.75) is 18.8 Å². The third-order valence-corrected chi connectivity index (χ3v) is 3.29. The highest BCUT2D eigenvalue weighted by atomic mass is 16.5. The summed E-state index contributed by atoms with van der Waals surface area (Å²) in [6.07, 6.45) is 2.20. The number of benzene rings is 1. The summed E-state index contributed by atoms with van der Waals surface area (Å²) in [5.41, 5.74) is 8.38. The van der Waals surface area contributed by atoms with Gasteiger partial charge in [-0.2, -0.15) is 0 Å². The molecule has 0 spiro atoms. The minimum atomic E-state index is -0.339. The molecular weight excluding hydrogens is 216 g/mol. The van der Waals surface area contributed by atoms with Crippen molar-refractivity contribution in [3.63, 3.8) is 0 Å². The number of anilines is 1. The second-order valence-corrected chi connectivity index (χ2v) is 4.36. The van der Waals surface area contributed by atoms with Crippen LogP contribution in [0.2, 0.25) is 0 Å². The topological polar surface area (TPSA) is 64.3 Å². The molecule has 1 aliphatic heterocycles. The Hall–Kier alpha value is -1.55. The van der Waals surface area contributed by atoms with Crippen LogP contribution >= 0.6 is 0 Å². The number of hydrogen-bond donors (Lipinski definition) is 2. The number of esters is 1. The summed E-state index contributed by atoms with van der Waals surface area (Å²) in [5.74, 6) is 0.163. The fraction of sp³-hybridized carbons (Fsp3) is 0.462. The molecule has 1 heterocycles. The summed E-state index contributed by atoms with van der Waals surface area (Å²) in [7, 11) is 1.37. The molecule has 0 atom stereocenters. The highest BCUT2D eigenvalue weighted by molar-refractivity contribution is 5.90. The first-order valence-electron chi connectivity index (χ1n) is 5.91. The molecule has 1 aromatic carbocycles. The predicted octanol–water partition coefficient (Wildman–Crippen LogP) is 1.52. The minimum Gasteiger partial charge on any atom is -0.465 e. The smallest absolute Gasteiger partial charge is 0.337 e.